The molecule has 4 aromatic heterocycles. The molecule has 174 valence electrons. The molecule has 0 atom stereocenters. The van der Waals surface area contributed by atoms with E-state index in [9.17, 15) is 4.79 Å². The normalized spacial score (nSPS) is 17.3. The zero-order chi connectivity index (χ0) is 23.4. The van der Waals surface area contributed by atoms with Crippen molar-refractivity contribution in [2.75, 3.05) is 24.5 Å². The van der Waals surface area contributed by atoms with E-state index in [1.54, 1.807) is 6.20 Å². The maximum Gasteiger partial charge on any atom is 0.221 e. The van der Waals surface area contributed by atoms with Gasteiger partial charge in [0.1, 0.15) is 11.5 Å². The highest BCUT2D eigenvalue weighted by atomic mass is 16.1. The number of carbonyl (C=O) groups is 1. The number of amides is 1. The van der Waals surface area contributed by atoms with Gasteiger partial charge in [0.25, 0.3) is 0 Å². The van der Waals surface area contributed by atoms with E-state index in [0.717, 1.165) is 39.0 Å². The highest BCUT2D eigenvalue weighted by Crippen LogP contribution is 2.45. The van der Waals surface area contributed by atoms with Crippen molar-refractivity contribution in [1.82, 2.24) is 30.2 Å². The average molecular weight is 456 g/mol. The van der Waals surface area contributed by atoms with E-state index in [1.165, 1.54) is 18.4 Å². The number of aromatic amines is 1. The Bertz CT molecular complexity index is 1410. The van der Waals surface area contributed by atoms with Crippen LogP contribution in [0.5, 0.6) is 0 Å². The Morgan fingerprint density at radius 3 is 2.76 bits per heavy atom. The van der Waals surface area contributed by atoms with Crippen LogP contribution >= 0.6 is 0 Å². The third-order valence-corrected chi connectivity index (χ3v) is 6.83. The molecule has 1 aliphatic heterocycles. The van der Waals surface area contributed by atoms with Crippen molar-refractivity contribution in [1.29, 1.82) is 0 Å². The quantitative estimate of drug-likeness (QED) is 0.483. The fraction of sp³-hybridized carbons (Fsp3) is 0.423. The Kier molecular flexibility index (Phi) is 4.79. The van der Waals surface area contributed by atoms with Crippen LogP contribution in [0, 0.1) is 0 Å². The van der Waals surface area contributed by atoms with Gasteiger partial charge in [-0.05, 0) is 36.5 Å². The van der Waals surface area contributed by atoms with Crippen LogP contribution in [0.15, 0.2) is 30.7 Å². The van der Waals surface area contributed by atoms with Gasteiger partial charge < -0.3 is 15.2 Å². The van der Waals surface area contributed by atoms with Crippen molar-refractivity contribution in [3.05, 3.63) is 42.0 Å². The number of aromatic nitrogens is 5. The van der Waals surface area contributed by atoms with E-state index < -0.39 is 0 Å². The molecular weight excluding hydrogens is 426 g/mol. The molecule has 0 unspecified atom stereocenters. The molecule has 1 aliphatic carbocycles. The third-order valence-electron chi connectivity index (χ3n) is 6.83. The van der Waals surface area contributed by atoms with E-state index in [4.69, 9.17) is 9.97 Å². The van der Waals surface area contributed by atoms with Gasteiger partial charge in [-0.1, -0.05) is 20.8 Å². The molecule has 1 saturated heterocycles. The summed E-state index contributed by atoms with van der Waals surface area (Å²) in [5, 5.41) is 5.07. The number of fused-ring (bicyclic) bond motifs is 2. The van der Waals surface area contributed by atoms with Crippen molar-refractivity contribution in [2.45, 2.75) is 51.4 Å². The van der Waals surface area contributed by atoms with Gasteiger partial charge in [-0.25, -0.2) is 15.0 Å². The molecule has 0 radical (unpaired) electrons. The van der Waals surface area contributed by atoms with Gasteiger partial charge >= 0.3 is 0 Å². The molecule has 34 heavy (non-hydrogen) atoms. The van der Waals surface area contributed by atoms with E-state index >= 15 is 0 Å². The largest absolute Gasteiger partial charge is 0.354 e. The SMILES string of the molecule is CC(C)(C)c1cc2c(-c3nc(N4CCNC(=O)CC4)c4c(C5CC5)cncc4n3)ccnc2[nH]1. The fourth-order valence-corrected chi connectivity index (χ4v) is 4.75. The van der Waals surface area contributed by atoms with Crippen molar-refractivity contribution >= 4 is 33.7 Å². The Morgan fingerprint density at radius 1 is 1.12 bits per heavy atom. The summed E-state index contributed by atoms with van der Waals surface area (Å²) in [4.78, 5) is 37.0. The first kappa shape index (κ1) is 21.0. The summed E-state index contributed by atoms with van der Waals surface area (Å²) in [5.74, 6) is 2.16. The second-order valence-electron chi connectivity index (χ2n) is 10.4. The second kappa shape index (κ2) is 7.75. The van der Waals surface area contributed by atoms with Crippen LogP contribution in [0.4, 0.5) is 5.82 Å². The number of carbonyl (C=O) groups excluding carboxylic acids is 1. The van der Waals surface area contributed by atoms with E-state index in [1.807, 2.05) is 18.5 Å². The van der Waals surface area contributed by atoms with Gasteiger partial charge in [0.15, 0.2) is 5.82 Å². The highest BCUT2D eigenvalue weighted by Gasteiger charge is 2.30. The molecule has 8 heteroatoms. The first-order valence-corrected chi connectivity index (χ1v) is 12.0. The smallest absolute Gasteiger partial charge is 0.221 e. The summed E-state index contributed by atoms with van der Waals surface area (Å²) in [6.07, 6.45) is 8.42. The Balaban J connectivity index is 1.57. The monoisotopic (exact) mass is 455 g/mol. The molecule has 1 amide bonds. The van der Waals surface area contributed by atoms with Crippen molar-refractivity contribution < 1.29 is 4.79 Å². The van der Waals surface area contributed by atoms with Crippen molar-refractivity contribution in [3.63, 3.8) is 0 Å². The van der Waals surface area contributed by atoms with E-state index in [2.05, 4.69) is 52.0 Å². The number of nitrogens with zero attached hydrogens (tertiary/aromatic N) is 5. The van der Waals surface area contributed by atoms with E-state index in [0.29, 0.717) is 37.8 Å². The summed E-state index contributed by atoms with van der Waals surface area (Å²) >= 11 is 0. The topological polar surface area (TPSA) is 99.7 Å². The van der Waals surface area contributed by atoms with Crippen molar-refractivity contribution in [3.8, 4) is 11.4 Å². The summed E-state index contributed by atoms with van der Waals surface area (Å²) < 4.78 is 0. The zero-order valence-corrected chi connectivity index (χ0v) is 19.9. The fourth-order valence-electron chi connectivity index (χ4n) is 4.75. The van der Waals surface area contributed by atoms with Crippen LogP contribution in [0.25, 0.3) is 33.3 Å². The molecule has 0 bridgehead atoms. The number of nitrogens with one attached hydrogen (secondary N) is 2. The average Bonchev–Trinajstić information content (AvgIpc) is 3.59. The summed E-state index contributed by atoms with van der Waals surface area (Å²) in [6.45, 7) is 8.50. The second-order valence-corrected chi connectivity index (χ2v) is 10.4. The molecule has 2 fully saturated rings. The maximum atomic E-state index is 12.0. The van der Waals surface area contributed by atoms with Gasteiger partial charge in [-0.2, -0.15) is 0 Å². The molecular formula is C26H29N7O. The number of pyridine rings is 2. The lowest BCUT2D eigenvalue weighted by Crippen LogP contribution is -2.29. The number of rotatable bonds is 3. The zero-order valence-electron chi connectivity index (χ0n) is 19.9. The van der Waals surface area contributed by atoms with Crippen LogP contribution in [0.2, 0.25) is 0 Å². The Labute approximate surface area is 198 Å². The minimum atomic E-state index is -0.0257. The van der Waals surface area contributed by atoms with Gasteiger partial charge in [-0.3, -0.25) is 9.78 Å². The molecule has 6 rings (SSSR count). The van der Waals surface area contributed by atoms with Crippen LogP contribution in [0.1, 0.15) is 57.2 Å². The maximum absolute atomic E-state index is 12.0. The number of anilines is 1. The number of hydrogen-bond donors (Lipinski definition) is 2. The first-order valence-electron chi connectivity index (χ1n) is 12.0. The Hall–Kier alpha value is -3.55. The molecule has 4 aromatic rings. The predicted molar refractivity (Wildman–Crippen MR) is 133 cm³/mol. The first-order chi connectivity index (χ1) is 16.4. The predicted octanol–water partition coefficient (Wildman–Crippen LogP) is 4.07. The number of H-pyrrole nitrogens is 1. The van der Waals surface area contributed by atoms with Gasteiger partial charge in [0, 0.05) is 65.9 Å². The molecule has 2 aliphatic rings. The minimum Gasteiger partial charge on any atom is -0.354 e. The molecule has 2 N–H and O–H groups in total. The van der Waals surface area contributed by atoms with Gasteiger partial charge in [-0.15, -0.1) is 0 Å². The van der Waals surface area contributed by atoms with Crippen LogP contribution in [-0.4, -0.2) is 50.5 Å². The van der Waals surface area contributed by atoms with Crippen LogP contribution in [-0.2, 0) is 10.2 Å². The van der Waals surface area contributed by atoms with Crippen LogP contribution < -0.4 is 10.2 Å². The lowest BCUT2D eigenvalue weighted by molar-refractivity contribution is -0.120. The van der Waals surface area contributed by atoms with Gasteiger partial charge in [0.05, 0.1) is 11.7 Å². The molecule has 5 heterocycles. The van der Waals surface area contributed by atoms with Crippen molar-refractivity contribution in [2.24, 2.45) is 0 Å². The Morgan fingerprint density at radius 2 is 1.97 bits per heavy atom. The standard InChI is InChI=1S/C26H29N7O/c1-26(2,3)20-12-17-16(6-8-29-23(17)31-20)24-30-19-14-27-13-18(15-4-5-15)22(19)25(32-24)33-10-7-21(34)28-9-11-33/h6,8,12-15H,4-5,7,9-11H2,1-3H3,(H,28,34)(H,29,31). The van der Waals surface area contributed by atoms with E-state index in [-0.39, 0.29) is 11.3 Å². The van der Waals surface area contributed by atoms with Gasteiger partial charge in [0.2, 0.25) is 5.91 Å². The lowest BCUT2D eigenvalue weighted by atomic mass is 9.92. The summed E-state index contributed by atoms with van der Waals surface area (Å²) in [7, 11) is 0. The number of hydrogen-bond acceptors (Lipinski definition) is 6. The molecule has 0 aromatic carbocycles. The summed E-state index contributed by atoms with van der Waals surface area (Å²) in [6, 6.07) is 4.15. The summed E-state index contributed by atoms with van der Waals surface area (Å²) in [5.41, 5.74) is 4.95. The molecule has 1 saturated carbocycles. The van der Waals surface area contributed by atoms with Crippen LogP contribution in [0.3, 0.4) is 0 Å². The minimum absolute atomic E-state index is 0.0257. The third kappa shape index (κ3) is 3.67. The molecule has 0 spiro atoms. The molecule has 8 nitrogen and oxygen atoms in total. The lowest BCUT2D eigenvalue weighted by Gasteiger charge is -2.24. The highest BCUT2D eigenvalue weighted by molar-refractivity contribution is 5.97.